The molecule has 0 aromatic heterocycles. The van der Waals surface area contributed by atoms with E-state index in [0.29, 0.717) is 3.57 Å². The van der Waals surface area contributed by atoms with Crippen LogP contribution in [0.3, 0.4) is 0 Å². The molecule has 4 N–H and O–H groups in total. The molecule has 0 aliphatic carbocycles. The van der Waals surface area contributed by atoms with Gasteiger partial charge in [-0.15, -0.1) is 0 Å². The maximum Gasteiger partial charge on any atom is 0.301 e. The Hall–Kier alpha value is -1.61. The van der Waals surface area contributed by atoms with Crippen LogP contribution in [-0.2, 0) is 14.9 Å². The molecule has 0 spiro atoms. The van der Waals surface area contributed by atoms with Gasteiger partial charge in [0.05, 0.1) is 18.0 Å². The molecule has 7 nitrogen and oxygen atoms in total. The molecule has 0 unspecified atom stereocenters. The third-order valence-corrected chi connectivity index (χ3v) is 5.98. The van der Waals surface area contributed by atoms with E-state index in [-0.39, 0.29) is 37.6 Å². The first-order valence-electron chi connectivity index (χ1n) is 8.36. The Kier molecular flexibility index (Phi) is 8.51. The topological polar surface area (TPSA) is 96.7 Å². The van der Waals surface area contributed by atoms with Crippen LogP contribution in [0.4, 0.5) is 30.2 Å². The quantitative estimate of drug-likeness (QED) is 0.400. The van der Waals surface area contributed by atoms with E-state index in [4.69, 9.17) is 10.5 Å². The zero-order valence-corrected chi connectivity index (χ0v) is 18.4. The molecule has 0 saturated heterocycles. The number of nitrogens with zero attached hydrogens (tertiary/aromatic N) is 1. The SMILES string of the molecule is COCCN(CCN)S(=O)(=O)Nc1ccc(F)c(F)c1Nc1ccc(I)cc1F. The van der Waals surface area contributed by atoms with Crippen LogP contribution in [0.2, 0.25) is 0 Å². The second-order valence-corrected chi connectivity index (χ2v) is 8.74. The molecule has 2 rings (SSSR count). The van der Waals surface area contributed by atoms with Crippen LogP contribution >= 0.6 is 22.6 Å². The first kappa shape index (κ1) is 23.7. The Morgan fingerprint density at radius 1 is 1.10 bits per heavy atom. The molecule has 2 aromatic rings. The third kappa shape index (κ3) is 6.18. The summed E-state index contributed by atoms with van der Waals surface area (Å²) in [7, 11) is -2.76. The number of hydrogen-bond acceptors (Lipinski definition) is 5. The van der Waals surface area contributed by atoms with Crippen molar-refractivity contribution in [2.45, 2.75) is 0 Å². The Labute approximate surface area is 180 Å². The molecule has 29 heavy (non-hydrogen) atoms. The van der Waals surface area contributed by atoms with Crippen molar-refractivity contribution in [2.75, 3.05) is 43.4 Å². The molecular weight excluding hydrogens is 524 g/mol. The van der Waals surface area contributed by atoms with E-state index in [0.717, 1.165) is 16.4 Å². The Morgan fingerprint density at radius 3 is 2.41 bits per heavy atom. The minimum Gasteiger partial charge on any atom is -0.383 e. The van der Waals surface area contributed by atoms with Crippen molar-refractivity contribution >= 4 is 49.9 Å². The molecule has 0 saturated carbocycles. The average molecular weight is 544 g/mol. The zero-order valence-electron chi connectivity index (χ0n) is 15.4. The fourth-order valence-corrected chi connectivity index (χ4v) is 4.07. The van der Waals surface area contributed by atoms with Crippen molar-refractivity contribution in [3.63, 3.8) is 0 Å². The van der Waals surface area contributed by atoms with Gasteiger partial charge in [-0.25, -0.2) is 13.2 Å². The smallest absolute Gasteiger partial charge is 0.301 e. The number of hydrogen-bond donors (Lipinski definition) is 3. The van der Waals surface area contributed by atoms with E-state index in [2.05, 4.69) is 10.0 Å². The minimum absolute atomic E-state index is 0.00121. The molecule has 2 aromatic carbocycles. The average Bonchev–Trinajstić information content (AvgIpc) is 2.66. The van der Waals surface area contributed by atoms with Crippen LogP contribution in [0, 0.1) is 21.0 Å². The van der Waals surface area contributed by atoms with E-state index in [1.54, 1.807) is 6.07 Å². The molecule has 0 atom stereocenters. The van der Waals surface area contributed by atoms with Gasteiger partial charge in [-0.3, -0.25) is 4.72 Å². The number of rotatable bonds is 10. The predicted molar refractivity (Wildman–Crippen MR) is 114 cm³/mol. The van der Waals surface area contributed by atoms with Crippen molar-refractivity contribution in [2.24, 2.45) is 5.73 Å². The van der Waals surface area contributed by atoms with E-state index >= 15 is 0 Å². The van der Waals surface area contributed by atoms with Crippen LogP contribution in [-0.4, -0.2) is 46.1 Å². The van der Waals surface area contributed by atoms with E-state index < -0.39 is 33.3 Å². The van der Waals surface area contributed by atoms with E-state index in [1.165, 1.54) is 19.2 Å². The largest absolute Gasteiger partial charge is 0.383 e. The van der Waals surface area contributed by atoms with Crippen molar-refractivity contribution in [1.29, 1.82) is 0 Å². The van der Waals surface area contributed by atoms with Gasteiger partial charge >= 0.3 is 10.2 Å². The summed E-state index contributed by atoms with van der Waals surface area (Å²) in [5.41, 5.74) is 4.47. The first-order valence-corrected chi connectivity index (χ1v) is 10.9. The Morgan fingerprint density at radius 2 is 1.79 bits per heavy atom. The number of nitrogens with one attached hydrogen (secondary N) is 2. The molecule has 0 aliphatic rings. The van der Waals surface area contributed by atoms with Crippen molar-refractivity contribution in [1.82, 2.24) is 4.31 Å². The summed E-state index contributed by atoms with van der Waals surface area (Å²) in [5, 5.41) is 2.43. The lowest BCUT2D eigenvalue weighted by molar-refractivity contribution is 0.180. The summed E-state index contributed by atoms with van der Waals surface area (Å²) in [6, 6.07) is 5.89. The second kappa shape index (κ2) is 10.4. The van der Waals surface area contributed by atoms with Gasteiger partial charge in [-0.1, -0.05) is 0 Å². The van der Waals surface area contributed by atoms with Crippen LogP contribution in [0.25, 0.3) is 0 Å². The summed E-state index contributed by atoms with van der Waals surface area (Å²) >= 11 is 1.90. The fraction of sp³-hybridized carbons (Fsp3) is 0.294. The number of benzene rings is 2. The lowest BCUT2D eigenvalue weighted by Gasteiger charge is -2.23. The van der Waals surface area contributed by atoms with Crippen LogP contribution in [0.5, 0.6) is 0 Å². The Bertz CT molecular complexity index is 963. The molecule has 0 fully saturated rings. The van der Waals surface area contributed by atoms with E-state index in [1.807, 2.05) is 22.6 Å². The molecule has 0 bridgehead atoms. The van der Waals surface area contributed by atoms with Gasteiger partial charge in [-0.2, -0.15) is 12.7 Å². The summed E-state index contributed by atoms with van der Waals surface area (Å²) in [6.07, 6.45) is 0. The highest BCUT2D eigenvalue weighted by Gasteiger charge is 2.24. The van der Waals surface area contributed by atoms with Crippen molar-refractivity contribution in [3.05, 3.63) is 51.4 Å². The number of methoxy groups -OCH3 is 1. The van der Waals surface area contributed by atoms with E-state index in [9.17, 15) is 21.6 Å². The van der Waals surface area contributed by atoms with Gasteiger partial charge < -0.3 is 15.8 Å². The Balaban J connectivity index is 2.41. The van der Waals surface area contributed by atoms with Crippen LogP contribution < -0.4 is 15.8 Å². The zero-order chi connectivity index (χ0) is 21.6. The van der Waals surface area contributed by atoms with Gasteiger partial charge in [0.25, 0.3) is 0 Å². The monoisotopic (exact) mass is 544 g/mol. The molecule has 0 amide bonds. The molecular formula is C17H20F3IN4O3S. The van der Waals surface area contributed by atoms with Gasteiger partial charge in [0, 0.05) is 30.3 Å². The van der Waals surface area contributed by atoms with Gasteiger partial charge in [0.15, 0.2) is 11.6 Å². The van der Waals surface area contributed by atoms with Crippen LogP contribution in [0.15, 0.2) is 30.3 Å². The van der Waals surface area contributed by atoms with Crippen molar-refractivity contribution < 1.29 is 26.3 Å². The highest BCUT2D eigenvalue weighted by atomic mass is 127. The van der Waals surface area contributed by atoms with Gasteiger partial charge in [0.1, 0.15) is 11.5 Å². The van der Waals surface area contributed by atoms with Gasteiger partial charge in [0.2, 0.25) is 0 Å². The maximum atomic E-state index is 14.4. The van der Waals surface area contributed by atoms with Crippen LogP contribution in [0.1, 0.15) is 0 Å². The first-order chi connectivity index (χ1) is 13.7. The number of ether oxygens (including phenoxy) is 1. The fourth-order valence-electron chi connectivity index (χ4n) is 2.38. The summed E-state index contributed by atoms with van der Waals surface area (Å²) in [6.45, 7) is 0.136. The molecule has 0 radical (unpaired) electrons. The number of anilines is 3. The second-order valence-electron chi connectivity index (χ2n) is 5.82. The molecule has 12 heteroatoms. The third-order valence-electron chi connectivity index (χ3n) is 3.79. The standard InChI is InChI=1S/C17H20F3IN4O3S/c1-28-9-8-25(7-6-22)29(26,27)24-15-5-3-12(18)16(20)17(15)23-14-4-2-11(21)10-13(14)19/h2-5,10,23-24H,6-9,22H2,1H3. The number of halogens is 4. The number of nitrogens with two attached hydrogens (primary N) is 1. The minimum atomic E-state index is -4.17. The lowest BCUT2D eigenvalue weighted by Crippen LogP contribution is -2.41. The maximum absolute atomic E-state index is 14.4. The summed E-state index contributed by atoms with van der Waals surface area (Å²) in [5.74, 6) is -3.29. The van der Waals surface area contributed by atoms with Crippen molar-refractivity contribution in [3.8, 4) is 0 Å². The predicted octanol–water partition coefficient (Wildman–Crippen LogP) is 3.02. The summed E-state index contributed by atoms with van der Waals surface area (Å²) in [4.78, 5) is 0. The highest BCUT2D eigenvalue weighted by molar-refractivity contribution is 14.1. The molecule has 160 valence electrons. The summed E-state index contributed by atoms with van der Waals surface area (Å²) < 4.78 is 76.4. The molecule has 0 heterocycles. The normalized spacial score (nSPS) is 11.7. The van der Waals surface area contributed by atoms with Gasteiger partial charge in [-0.05, 0) is 52.9 Å². The highest BCUT2D eigenvalue weighted by Crippen LogP contribution is 2.32. The molecule has 0 aliphatic heterocycles. The lowest BCUT2D eigenvalue weighted by atomic mass is 10.2.